The Morgan fingerprint density at radius 3 is 2.83 bits per heavy atom. The fourth-order valence-corrected chi connectivity index (χ4v) is 2.06. The Bertz CT molecular complexity index is 466. The Labute approximate surface area is 112 Å². The molecule has 1 heterocycles. The third kappa shape index (κ3) is 4.17. The second-order valence-corrected chi connectivity index (χ2v) is 5.81. The number of nitrogens with one attached hydrogen (secondary N) is 1. The van der Waals surface area contributed by atoms with E-state index in [0.717, 1.165) is 16.2 Å². The molecule has 0 fully saturated rings. The van der Waals surface area contributed by atoms with Gasteiger partial charge >= 0.3 is 0 Å². The maximum Gasteiger partial charge on any atom is 0.225 e. The van der Waals surface area contributed by atoms with Crippen molar-refractivity contribution >= 4 is 17.2 Å². The summed E-state index contributed by atoms with van der Waals surface area (Å²) in [6, 6.07) is 3.85. The van der Waals surface area contributed by atoms with Gasteiger partial charge in [0.05, 0.1) is 11.4 Å². The molecule has 0 aliphatic rings. The van der Waals surface area contributed by atoms with Gasteiger partial charge in [0.1, 0.15) is 6.61 Å². The zero-order valence-electron chi connectivity index (χ0n) is 11.0. The van der Waals surface area contributed by atoms with Crippen LogP contribution in [0, 0.1) is 17.3 Å². The number of aliphatic hydroxyl groups excluding tert-OH is 1. The molecule has 0 atom stereocenters. The van der Waals surface area contributed by atoms with Crippen LogP contribution in [0.4, 0.5) is 0 Å². The van der Waals surface area contributed by atoms with Crippen molar-refractivity contribution in [1.82, 2.24) is 5.32 Å². The van der Waals surface area contributed by atoms with Gasteiger partial charge in [-0.1, -0.05) is 32.6 Å². The number of hydrogen-bond donors (Lipinski definition) is 2. The summed E-state index contributed by atoms with van der Waals surface area (Å²) < 4.78 is 0. The van der Waals surface area contributed by atoms with Crippen LogP contribution in [-0.4, -0.2) is 17.6 Å². The lowest BCUT2D eigenvalue weighted by Gasteiger charge is -2.21. The molecule has 0 aliphatic carbocycles. The van der Waals surface area contributed by atoms with Gasteiger partial charge in [0.25, 0.3) is 0 Å². The third-order valence-electron chi connectivity index (χ3n) is 2.87. The zero-order chi connectivity index (χ0) is 13.6. The molecule has 0 saturated heterocycles. The minimum atomic E-state index is -0.323. The Kier molecular flexibility index (Phi) is 5.39. The van der Waals surface area contributed by atoms with Gasteiger partial charge in [-0.15, -0.1) is 11.3 Å². The number of amides is 1. The molecule has 4 heteroatoms. The van der Waals surface area contributed by atoms with Gasteiger partial charge in [-0.2, -0.15) is 0 Å². The van der Waals surface area contributed by atoms with Gasteiger partial charge in [0, 0.05) is 10.3 Å². The van der Waals surface area contributed by atoms with Crippen molar-refractivity contribution in [2.75, 3.05) is 6.61 Å². The van der Waals surface area contributed by atoms with E-state index in [1.54, 1.807) is 0 Å². The molecule has 1 aromatic rings. The van der Waals surface area contributed by atoms with Crippen LogP contribution in [0.2, 0.25) is 0 Å². The Hall–Kier alpha value is -1.31. The van der Waals surface area contributed by atoms with Crippen LogP contribution in [0.5, 0.6) is 0 Å². The summed E-state index contributed by atoms with van der Waals surface area (Å²) >= 11 is 1.53. The lowest BCUT2D eigenvalue weighted by Crippen LogP contribution is -2.35. The molecular weight excluding hydrogens is 246 g/mol. The fraction of sp³-hybridized carbons (Fsp3) is 0.500. The van der Waals surface area contributed by atoms with Crippen LogP contribution in [0.15, 0.2) is 12.1 Å². The topological polar surface area (TPSA) is 49.3 Å². The molecule has 0 saturated carbocycles. The average molecular weight is 265 g/mol. The van der Waals surface area contributed by atoms with Crippen molar-refractivity contribution in [2.45, 2.75) is 33.7 Å². The maximum atomic E-state index is 11.9. The second kappa shape index (κ2) is 6.58. The average Bonchev–Trinajstić information content (AvgIpc) is 2.81. The molecule has 0 radical (unpaired) electrons. The number of aliphatic hydroxyl groups is 1. The number of carbonyl (C=O) groups excluding carboxylic acids is 1. The Morgan fingerprint density at radius 2 is 2.22 bits per heavy atom. The van der Waals surface area contributed by atoms with Crippen LogP contribution in [-0.2, 0) is 11.3 Å². The number of hydrogen-bond acceptors (Lipinski definition) is 3. The fourth-order valence-electron chi connectivity index (χ4n) is 1.23. The first kappa shape index (κ1) is 14.7. The molecule has 3 nitrogen and oxygen atoms in total. The van der Waals surface area contributed by atoms with Crippen molar-refractivity contribution in [3.8, 4) is 11.8 Å². The molecule has 0 aliphatic heterocycles. The number of carbonyl (C=O) groups is 1. The van der Waals surface area contributed by atoms with Crippen LogP contribution < -0.4 is 5.32 Å². The summed E-state index contributed by atoms with van der Waals surface area (Å²) in [4.78, 5) is 13.9. The van der Waals surface area contributed by atoms with Crippen molar-refractivity contribution in [2.24, 2.45) is 5.41 Å². The van der Waals surface area contributed by atoms with E-state index in [0.29, 0.717) is 6.54 Å². The first-order chi connectivity index (χ1) is 8.49. The molecule has 0 aromatic carbocycles. The summed E-state index contributed by atoms with van der Waals surface area (Å²) in [5.74, 6) is 5.53. The van der Waals surface area contributed by atoms with Gasteiger partial charge in [0.2, 0.25) is 5.91 Å². The second-order valence-electron chi connectivity index (χ2n) is 4.65. The van der Waals surface area contributed by atoms with E-state index in [4.69, 9.17) is 5.11 Å². The summed E-state index contributed by atoms with van der Waals surface area (Å²) in [7, 11) is 0. The lowest BCUT2D eigenvalue weighted by molar-refractivity contribution is -0.129. The van der Waals surface area contributed by atoms with Gasteiger partial charge in [-0.3, -0.25) is 4.79 Å². The van der Waals surface area contributed by atoms with E-state index in [9.17, 15) is 4.79 Å². The van der Waals surface area contributed by atoms with Crippen molar-refractivity contribution in [1.29, 1.82) is 0 Å². The lowest BCUT2D eigenvalue weighted by atomic mass is 9.89. The SMILES string of the molecule is CCC(C)(C)C(=O)NCc1ccc(C#CCO)s1. The summed E-state index contributed by atoms with van der Waals surface area (Å²) in [6.07, 6.45) is 0.816. The first-order valence-electron chi connectivity index (χ1n) is 5.96. The predicted octanol–water partition coefficient (Wildman–Crippen LogP) is 2.14. The highest BCUT2D eigenvalue weighted by molar-refractivity contribution is 7.12. The van der Waals surface area contributed by atoms with Crippen LogP contribution in [0.1, 0.15) is 36.9 Å². The van der Waals surface area contributed by atoms with Crippen molar-refractivity contribution in [3.05, 3.63) is 21.9 Å². The van der Waals surface area contributed by atoms with E-state index >= 15 is 0 Å². The molecule has 1 rings (SSSR count). The van der Waals surface area contributed by atoms with Crippen LogP contribution in [0.3, 0.4) is 0 Å². The van der Waals surface area contributed by atoms with Crippen LogP contribution >= 0.6 is 11.3 Å². The molecule has 0 unspecified atom stereocenters. The first-order valence-corrected chi connectivity index (χ1v) is 6.78. The molecule has 2 N–H and O–H groups in total. The van der Waals surface area contributed by atoms with Gasteiger partial charge in [-0.05, 0) is 18.6 Å². The van der Waals surface area contributed by atoms with Gasteiger partial charge in [-0.25, -0.2) is 0 Å². The van der Waals surface area contributed by atoms with Gasteiger partial charge < -0.3 is 10.4 Å². The van der Waals surface area contributed by atoms with Crippen molar-refractivity contribution < 1.29 is 9.90 Å². The van der Waals surface area contributed by atoms with Crippen LogP contribution in [0.25, 0.3) is 0 Å². The molecule has 1 amide bonds. The molecular formula is C14H19NO2S. The zero-order valence-corrected chi connectivity index (χ0v) is 11.9. The van der Waals surface area contributed by atoms with E-state index in [2.05, 4.69) is 17.2 Å². The highest BCUT2D eigenvalue weighted by Crippen LogP contribution is 2.20. The van der Waals surface area contributed by atoms with E-state index in [1.165, 1.54) is 11.3 Å². The predicted molar refractivity (Wildman–Crippen MR) is 74.2 cm³/mol. The third-order valence-corrected chi connectivity index (χ3v) is 3.87. The number of thiophene rings is 1. The number of rotatable bonds is 4. The molecule has 0 bridgehead atoms. The molecule has 0 spiro atoms. The van der Waals surface area contributed by atoms with Crippen molar-refractivity contribution in [3.63, 3.8) is 0 Å². The van der Waals surface area contributed by atoms with E-state index in [1.807, 2.05) is 32.9 Å². The molecule has 1 aromatic heterocycles. The summed E-state index contributed by atoms with van der Waals surface area (Å²) in [5, 5.41) is 11.5. The largest absolute Gasteiger partial charge is 0.384 e. The summed E-state index contributed by atoms with van der Waals surface area (Å²) in [5.41, 5.74) is -0.323. The standard InChI is InChI=1S/C14H19NO2S/c1-4-14(2,3)13(17)15-10-12-8-7-11(18-12)6-5-9-16/h7-8,16H,4,9-10H2,1-3H3,(H,15,17). The maximum absolute atomic E-state index is 11.9. The molecule has 98 valence electrons. The minimum Gasteiger partial charge on any atom is -0.384 e. The normalized spacial score (nSPS) is 10.7. The quantitative estimate of drug-likeness (QED) is 0.820. The Balaban J connectivity index is 2.54. The minimum absolute atomic E-state index is 0.0707. The molecule has 18 heavy (non-hydrogen) atoms. The Morgan fingerprint density at radius 1 is 1.50 bits per heavy atom. The summed E-state index contributed by atoms with van der Waals surface area (Å²) in [6.45, 7) is 6.29. The monoisotopic (exact) mass is 265 g/mol. The van der Waals surface area contributed by atoms with Gasteiger partial charge in [0.15, 0.2) is 0 Å². The van der Waals surface area contributed by atoms with E-state index in [-0.39, 0.29) is 17.9 Å². The highest BCUT2D eigenvalue weighted by Gasteiger charge is 2.24. The smallest absolute Gasteiger partial charge is 0.225 e. The van der Waals surface area contributed by atoms with E-state index < -0.39 is 0 Å². The highest BCUT2D eigenvalue weighted by atomic mass is 32.1.